The van der Waals surface area contributed by atoms with Gasteiger partial charge in [0, 0.05) is 16.8 Å². The number of anilines is 3. The molecule has 0 unspecified atom stereocenters. The van der Waals surface area contributed by atoms with Crippen LogP contribution < -0.4 is 25.6 Å². The predicted octanol–water partition coefficient (Wildman–Crippen LogP) is 13.4. The van der Waals surface area contributed by atoms with Gasteiger partial charge in [-0.15, -0.1) is 0 Å². The van der Waals surface area contributed by atoms with Crippen molar-refractivity contribution >= 4 is 67.8 Å². The summed E-state index contributed by atoms with van der Waals surface area (Å²) in [4.78, 5) is 2.38. The van der Waals surface area contributed by atoms with Gasteiger partial charge in [0.1, 0.15) is 11.2 Å². The monoisotopic (exact) mass is 821 g/mol. The predicted molar refractivity (Wildman–Crippen MR) is 268 cm³/mol. The molecular weight excluding hydrogens is 779 g/mol. The molecule has 0 bridgehead atoms. The number of rotatable bonds is 10. The van der Waals surface area contributed by atoms with Gasteiger partial charge in [-0.05, 0) is 96.6 Å². The molecule has 0 aliphatic heterocycles. The first-order valence-electron chi connectivity index (χ1n) is 21.6. The largest absolute Gasteiger partial charge is 0.456 e. The van der Waals surface area contributed by atoms with E-state index in [0.29, 0.717) is 0 Å². The second kappa shape index (κ2) is 16.5. The van der Waals surface area contributed by atoms with Crippen molar-refractivity contribution < 1.29 is 4.42 Å². The number of hydrogen-bond donors (Lipinski definition) is 0. The first kappa shape index (κ1) is 38.0. The van der Waals surface area contributed by atoms with Crippen molar-refractivity contribution in [1.82, 2.24) is 0 Å². The molecule has 0 saturated heterocycles. The molecule has 1 aromatic heterocycles. The Bertz CT molecular complexity index is 3180. The van der Waals surface area contributed by atoms with Gasteiger partial charge >= 0.3 is 0 Å². The van der Waals surface area contributed by atoms with Crippen molar-refractivity contribution in [3.63, 3.8) is 0 Å². The van der Waals surface area contributed by atoms with Crippen molar-refractivity contribution in [2.75, 3.05) is 4.90 Å². The second-order valence-corrected chi connectivity index (χ2v) is 19.8. The van der Waals surface area contributed by atoms with E-state index in [1.54, 1.807) is 0 Å². The van der Waals surface area contributed by atoms with Crippen molar-refractivity contribution in [2.24, 2.45) is 0 Å². The Morgan fingerprint density at radius 1 is 0.270 bits per heavy atom. The lowest BCUT2D eigenvalue weighted by molar-refractivity contribution is 0.669. The molecule has 0 fully saturated rings. The minimum atomic E-state index is -2.63. The number of furan rings is 1. The number of fused-ring (bicyclic) bond motifs is 3. The Balaban J connectivity index is 1.03. The molecule has 0 amide bonds. The molecule has 2 nitrogen and oxygen atoms in total. The zero-order valence-electron chi connectivity index (χ0n) is 34.7. The van der Waals surface area contributed by atoms with E-state index in [2.05, 4.69) is 266 Å². The molecule has 11 aromatic rings. The molecule has 0 atom stereocenters. The maximum atomic E-state index is 6.63. The fourth-order valence-electron chi connectivity index (χ4n) is 9.53. The van der Waals surface area contributed by atoms with E-state index in [-0.39, 0.29) is 0 Å². The quantitative estimate of drug-likeness (QED) is 0.101. The van der Waals surface area contributed by atoms with Crippen LogP contribution in [0.1, 0.15) is 0 Å². The third kappa shape index (κ3) is 6.86. The van der Waals surface area contributed by atoms with Crippen LogP contribution in [0.2, 0.25) is 0 Å². The van der Waals surface area contributed by atoms with Crippen LogP contribution in [0.15, 0.2) is 265 Å². The van der Waals surface area contributed by atoms with E-state index in [1.165, 1.54) is 37.4 Å². The van der Waals surface area contributed by atoms with Crippen LogP contribution in [0, 0.1) is 0 Å². The van der Waals surface area contributed by atoms with Crippen LogP contribution in [-0.2, 0) is 0 Å². The van der Waals surface area contributed by atoms with E-state index < -0.39 is 8.07 Å². The molecule has 0 radical (unpaired) electrons. The third-order valence-electron chi connectivity index (χ3n) is 12.5. The van der Waals surface area contributed by atoms with Gasteiger partial charge < -0.3 is 9.32 Å². The molecule has 0 N–H and O–H groups in total. The van der Waals surface area contributed by atoms with E-state index in [4.69, 9.17) is 4.42 Å². The molecule has 63 heavy (non-hydrogen) atoms. The van der Waals surface area contributed by atoms with Crippen molar-refractivity contribution in [2.45, 2.75) is 0 Å². The summed E-state index contributed by atoms with van der Waals surface area (Å²) in [6.07, 6.45) is 0. The number of benzene rings is 10. The summed E-state index contributed by atoms with van der Waals surface area (Å²) in [5.74, 6) is 0. The molecule has 0 aliphatic rings. The molecule has 10 aromatic carbocycles. The number of nitrogens with zero attached hydrogens (tertiary/aromatic N) is 1. The van der Waals surface area contributed by atoms with Crippen molar-refractivity contribution in [1.29, 1.82) is 0 Å². The van der Waals surface area contributed by atoms with E-state index in [0.717, 1.165) is 55.7 Å². The van der Waals surface area contributed by atoms with Gasteiger partial charge in [-0.1, -0.05) is 218 Å². The standard InChI is InChI=1S/C60H43NOSi/c1-6-18-44(19-7-1)45-32-38-49(39-33-45)61(56-29-17-31-58-60(56)59-55(28-16-30-57(59)62-58)48-20-8-2-9-21-48)50-40-34-46(35-41-50)47-36-42-54(43-37-47)63(51-22-10-3-11-23-51,52-24-12-4-13-25-52)53-26-14-5-15-27-53/h1-43H. The van der Waals surface area contributed by atoms with Crippen molar-refractivity contribution in [3.8, 4) is 33.4 Å². The van der Waals surface area contributed by atoms with Gasteiger partial charge in [-0.3, -0.25) is 0 Å². The SMILES string of the molecule is c1ccc(-c2ccc(N(c3ccc(-c4ccc([Si](c5ccccc5)(c5ccccc5)c5ccccc5)cc4)cc3)c3cccc4oc5cccc(-c6ccccc6)c5c34)cc2)cc1. The first-order valence-corrected chi connectivity index (χ1v) is 23.6. The summed E-state index contributed by atoms with van der Waals surface area (Å²) < 4.78 is 6.63. The fraction of sp³-hybridized carbons (Fsp3) is 0. The molecular formula is C60H43NOSi. The maximum Gasteiger partial charge on any atom is 0.179 e. The summed E-state index contributed by atoms with van der Waals surface area (Å²) in [6.45, 7) is 0. The Morgan fingerprint density at radius 3 is 1.11 bits per heavy atom. The lowest BCUT2D eigenvalue weighted by Gasteiger charge is -2.34. The molecule has 0 aliphatic carbocycles. The van der Waals surface area contributed by atoms with E-state index in [9.17, 15) is 0 Å². The molecule has 0 spiro atoms. The van der Waals surface area contributed by atoms with Gasteiger partial charge in [0.25, 0.3) is 0 Å². The van der Waals surface area contributed by atoms with Gasteiger partial charge in [-0.2, -0.15) is 0 Å². The summed E-state index contributed by atoms with van der Waals surface area (Å²) >= 11 is 0. The third-order valence-corrected chi connectivity index (χ3v) is 17.3. The Morgan fingerprint density at radius 2 is 0.635 bits per heavy atom. The summed E-state index contributed by atoms with van der Waals surface area (Å²) in [7, 11) is -2.63. The van der Waals surface area contributed by atoms with Crippen LogP contribution in [0.5, 0.6) is 0 Å². The zero-order valence-corrected chi connectivity index (χ0v) is 35.7. The average Bonchev–Trinajstić information content (AvgIpc) is 3.77. The molecule has 0 saturated carbocycles. The van der Waals surface area contributed by atoms with E-state index in [1.807, 2.05) is 0 Å². The fourth-order valence-corrected chi connectivity index (χ4v) is 14.3. The van der Waals surface area contributed by atoms with Gasteiger partial charge in [0.2, 0.25) is 0 Å². The van der Waals surface area contributed by atoms with Crippen LogP contribution in [0.4, 0.5) is 17.1 Å². The highest BCUT2D eigenvalue weighted by molar-refractivity contribution is 7.19. The summed E-state index contributed by atoms with van der Waals surface area (Å²) in [5, 5.41) is 7.65. The zero-order chi connectivity index (χ0) is 42.0. The smallest absolute Gasteiger partial charge is 0.179 e. The topological polar surface area (TPSA) is 16.4 Å². The Hall–Kier alpha value is -7.98. The maximum absolute atomic E-state index is 6.63. The summed E-state index contributed by atoms with van der Waals surface area (Å²) in [5.41, 5.74) is 11.9. The van der Waals surface area contributed by atoms with Crippen molar-refractivity contribution in [3.05, 3.63) is 261 Å². The highest BCUT2D eigenvalue weighted by Crippen LogP contribution is 2.46. The van der Waals surface area contributed by atoms with Crippen LogP contribution in [0.3, 0.4) is 0 Å². The Labute approximate surface area is 369 Å². The lowest BCUT2D eigenvalue weighted by atomic mass is 9.98. The van der Waals surface area contributed by atoms with Crippen LogP contribution in [0.25, 0.3) is 55.3 Å². The minimum Gasteiger partial charge on any atom is -0.456 e. The summed E-state index contributed by atoms with van der Waals surface area (Å²) in [6, 6.07) is 94.6. The molecule has 298 valence electrons. The van der Waals surface area contributed by atoms with Crippen LogP contribution in [-0.4, -0.2) is 8.07 Å². The first-order chi connectivity index (χ1) is 31.3. The minimum absolute atomic E-state index is 0.856. The molecule has 3 heteroatoms. The lowest BCUT2D eigenvalue weighted by Crippen LogP contribution is -2.74. The molecule has 11 rings (SSSR count). The van der Waals surface area contributed by atoms with E-state index >= 15 is 0 Å². The van der Waals surface area contributed by atoms with Gasteiger partial charge in [0.15, 0.2) is 8.07 Å². The second-order valence-electron chi connectivity index (χ2n) is 16.0. The van der Waals surface area contributed by atoms with Crippen LogP contribution >= 0.6 is 0 Å². The molecule has 1 heterocycles. The average molecular weight is 822 g/mol. The van der Waals surface area contributed by atoms with Gasteiger partial charge in [-0.25, -0.2) is 0 Å². The highest BCUT2D eigenvalue weighted by Gasteiger charge is 2.41. The van der Waals surface area contributed by atoms with Gasteiger partial charge in [0.05, 0.1) is 11.1 Å². The Kier molecular flexibility index (Phi) is 9.93. The number of hydrogen-bond acceptors (Lipinski definition) is 2. The normalized spacial score (nSPS) is 11.5. The highest BCUT2D eigenvalue weighted by atomic mass is 28.3.